The van der Waals surface area contributed by atoms with Crippen molar-refractivity contribution in [3.8, 4) is 11.8 Å². The van der Waals surface area contributed by atoms with Crippen LogP contribution in [0.25, 0.3) is 0 Å². The fraction of sp³-hybridized carbons (Fsp3) is 0.455. The number of hydrogen-bond donors (Lipinski definition) is 0. The topological polar surface area (TPSA) is 25.8 Å². The van der Waals surface area contributed by atoms with Crippen molar-refractivity contribution >= 4 is 0 Å². The Labute approximate surface area is 79.4 Å². The lowest BCUT2D eigenvalue weighted by Crippen LogP contribution is -1.88. The molecule has 0 saturated carbocycles. The molecule has 0 aliphatic carbocycles. The number of hydrogen-bond acceptors (Lipinski definition) is 2. The van der Waals surface area contributed by atoms with Gasteiger partial charge in [0.2, 0.25) is 0 Å². The van der Waals surface area contributed by atoms with Crippen molar-refractivity contribution in [2.24, 2.45) is 0 Å². The standard InChI is InChI=1S/C11H14N2/c1-3-4-5-6-7-11-9-8-10(2)12-13-11/h8-9H,3-5H2,1-2H3. The summed E-state index contributed by atoms with van der Waals surface area (Å²) >= 11 is 0. The molecule has 1 heterocycles. The first-order valence-corrected chi connectivity index (χ1v) is 4.62. The molecule has 1 aromatic rings. The second-order valence-electron chi connectivity index (χ2n) is 2.97. The first kappa shape index (κ1) is 9.73. The Morgan fingerprint density at radius 3 is 2.77 bits per heavy atom. The Hall–Kier alpha value is -1.36. The number of aromatic nitrogens is 2. The van der Waals surface area contributed by atoms with Crippen LogP contribution in [0.3, 0.4) is 0 Å². The van der Waals surface area contributed by atoms with E-state index in [-0.39, 0.29) is 0 Å². The fourth-order valence-electron chi connectivity index (χ4n) is 0.884. The van der Waals surface area contributed by atoms with E-state index in [2.05, 4.69) is 29.0 Å². The highest BCUT2D eigenvalue weighted by atomic mass is 15.1. The van der Waals surface area contributed by atoms with Crippen LogP contribution in [0.2, 0.25) is 0 Å². The normalized spacial score (nSPS) is 9.08. The van der Waals surface area contributed by atoms with Gasteiger partial charge in [0.25, 0.3) is 0 Å². The molecule has 1 aromatic heterocycles. The zero-order chi connectivity index (χ0) is 9.52. The zero-order valence-electron chi connectivity index (χ0n) is 8.17. The summed E-state index contributed by atoms with van der Waals surface area (Å²) in [6.07, 6.45) is 3.30. The predicted octanol–water partition coefficient (Wildman–Crippen LogP) is 2.33. The molecule has 0 atom stereocenters. The van der Waals surface area contributed by atoms with Crippen molar-refractivity contribution in [3.63, 3.8) is 0 Å². The van der Waals surface area contributed by atoms with E-state index in [1.807, 2.05) is 19.1 Å². The van der Waals surface area contributed by atoms with E-state index in [0.29, 0.717) is 0 Å². The molecule has 2 heteroatoms. The lowest BCUT2D eigenvalue weighted by molar-refractivity contribution is 0.828. The summed E-state index contributed by atoms with van der Waals surface area (Å²) in [4.78, 5) is 0. The van der Waals surface area contributed by atoms with Gasteiger partial charge in [-0.15, -0.1) is 5.10 Å². The molecule has 0 bridgehead atoms. The van der Waals surface area contributed by atoms with Crippen molar-refractivity contribution in [1.82, 2.24) is 10.2 Å². The van der Waals surface area contributed by atoms with Gasteiger partial charge >= 0.3 is 0 Å². The van der Waals surface area contributed by atoms with Crippen molar-refractivity contribution in [3.05, 3.63) is 23.5 Å². The van der Waals surface area contributed by atoms with Gasteiger partial charge < -0.3 is 0 Å². The van der Waals surface area contributed by atoms with Crippen molar-refractivity contribution < 1.29 is 0 Å². The average Bonchev–Trinajstić information content (AvgIpc) is 2.15. The maximum atomic E-state index is 3.95. The fourth-order valence-corrected chi connectivity index (χ4v) is 0.884. The van der Waals surface area contributed by atoms with E-state index >= 15 is 0 Å². The van der Waals surface area contributed by atoms with Gasteiger partial charge in [0.05, 0.1) is 5.69 Å². The van der Waals surface area contributed by atoms with Crippen molar-refractivity contribution in [2.75, 3.05) is 0 Å². The average molecular weight is 174 g/mol. The third-order valence-electron chi connectivity index (χ3n) is 1.67. The molecule has 0 aliphatic heterocycles. The summed E-state index contributed by atoms with van der Waals surface area (Å²) in [5, 5.41) is 7.88. The van der Waals surface area contributed by atoms with Crippen LogP contribution in [-0.4, -0.2) is 10.2 Å². The van der Waals surface area contributed by atoms with Crippen molar-refractivity contribution in [2.45, 2.75) is 33.1 Å². The highest BCUT2D eigenvalue weighted by Crippen LogP contribution is 1.94. The molecule has 0 aliphatic rings. The minimum absolute atomic E-state index is 0.765. The summed E-state index contributed by atoms with van der Waals surface area (Å²) in [7, 11) is 0. The van der Waals surface area contributed by atoms with Gasteiger partial charge in [0.1, 0.15) is 5.69 Å². The molecule has 0 fully saturated rings. The van der Waals surface area contributed by atoms with E-state index in [1.165, 1.54) is 6.42 Å². The molecule has 0 saturated heterocycles. The highest BCUT2D eigenvalue weighted by molar-refractivity contribution is 5.26. The molecule has 0 spiro atoms. The molecular formula is C11H14N2. The zero-order valence-corrected chi connectivity index (χ0v) is 8.17. The number of unbranched alkanes of at least 4 members (excludes halogenated alkanes) is 2. The smallest absolute Gasteiger partial charge is 0.135 e. The number of aryl methyl sites for hydroxylation is 1. The molecule has 68 valence electrons. The predicted molar refractivity (Wildman–Crippen MR) is 53.2 cm³/mol. The van der Waals surface area contributed by atoms with Gasteiger partial charge in [-0.25, -0.2) is 0 Å². The van der Waals surface area contributed by atoms with Crippen LogP contribution in [-0.2, 0) is 0 Å². The van der Waals surface area contributed by atoms with Crippen LogP contribution in [0, 0.1) is 18.8 Å². The van der Waals surface area contributed by atoms with Gasteiger partial charge in [-0.1, -0.05) is 19.3 Å². The van der Waals surface area contributed by atoms with E-state index in [0.717, 1.165) is 24.2 Å². The van der Waals surface area contributed by atoms with Crippen LogP contribution in [0.5, 0.6) is 0 Å². The first-order chi connectivity index (χ1) is 6.33. The molecule has 0 N–H and O–H groups in total. The Kier molecular flexibility index (Phi) is 3.98. The van der Waals surface area contributed by atoms with E-state index in [4.69, 9.17) is 0 Å². The molecule has 0 radical (unpaired) electrons. The molecule has 1 rings (SSSR count). The molecule has 13 heavy (non-hydrogen) atoms. The van der Waals surface area contributed by atoms with Gasteiger partial charge in [0, 0.05) is 6.42 Å². The first-order valence-electron chi connectivity index (χ1n) is 4.62. The van der Waals surface area contributed by atoms with Crippen LogP contribution < -0.4 is 0 Å². The maximum absolute atomic E-state index is 3.95. The van der Waals surface area contributed by atoms with Crippen LogP contribution in [0.1, 0.15) is 37.6 Å². The summed E-state index contributed by atoms with van der Waals surface area (Å²) in [5.41, 5.74) is 1.70. The van der Waals surface area contributed by atoms with E-state index < -0.39 is 0 Å². The molecule has 2 nitrogen and oxygen atoms in total. The monoisotopic (exact) mass is 174 g/mol. The summed E-state index contributed by atoms with van der Waals surface area (Å²) in [6.45, 7) is 4.08. The molecule has 0 amide bonds. The molecule has 0 aromatic carbocycles. The van der Waals surface area contributed by atoms with Crippen LogP contribution >= 0.6 is 0 Å². The van der Waals surface area contributed by atoms with Crippen LogP contribution in [0.15, 0.2) is 12.1 Å². The maximum Gasteiger partial charge on any atom is 0.135 e. The van der Waals surface area contributed by atoms with Gasteiger partial charge in [-0.2, -0.15) is 5.10 Å². The SMILES string of the molecule is CCCCC#Cc1ccc(C)nn1. The third kappa shape index (κ3) is 3.71. The molecular weight excluding hydrogens is 160 g/mol. The van der Waals surface area contributed by atoms with Gasteiger partial charge in [-0.05, 0) is 31.4 Å². The second-order valence-corrected chi connectivity index (χ2v) is 2.97. The second kappa shape index (κ2) is 5.31. The van der Waals surface area contributed by atoms with Gasteiger partial charge in [0.15, 0.2) is 0 Å². The lowest BCUT2D eigenvalue weighted by atomic mass is 10.2. The third-order valence-corrected chi connectivity index (χ3v) is 1.67. The minimum Gasteiger partial charge on any atom is -0.155 e. The summed E-state index contributed by atoms with van der Waals surface area (Å²) < 4.78 is 0. The Bertz CT molecular complexity index is 303. The largest absolute Gasteiger partial charge is 0.155 e. The van der Waals surface area contributed by atoms with E-state index in [1.54, 1.807) is 0 Å². The minimum atomic E-state index is 0.765. The number of nitrogens with zero attached hydrogens (tertiary/aromatic N) is 2. The number of rotatable bonds is 2. The van der Waals surface area contributed by atoms with E-state index in [9.17, 15) is 0 Å². The lowest BCUT2D eigenvalue weighted by Gasteiger charge is -1.89. The Balaban J connectivity index is 2.52. The highest BCUT2D eigenvalue weighted by Gasteiger charge is 1.87. The Morgan fingerprint density at radius 2 is 2.15 bits per heavy atom. The summed E-state index contributed by atoms with van der Waals surface area (Å²) in [5.74, 6) is 6.05. The quantitative estimate of drug-likeness (QED) is 0.508. The van der Waals surface area contributed by atoms with Gasteiger partial charge in [-0.3, -0.25) is 0 Å². The van der Waals surface area contributed by atoms with Crippen LogP contribution in [0.4, 0.5) is 0 Å². The summed E-state index contributed by atoms with van der Waals surface area (Å²) in [6, 6.07) is 3.83. The van der Waals surface area contributed by atoms with Crippen molar-refractivity contribution in [1.29, 1.82) is 0 Å². The Morgan fingerprint density at radius 1 is 1.31 bits per heavy atom. The molecule has 0 unspecified atom stereocenters.